The van der Waals surface area contributed by atoms with Gasteiger partial charge in [-0.2, -0.15) is 0 Å². The monoisotopic (exact) mass is 453 g/mol. The Bertz CT molecular complexity index is 821. The van der Waals surface area contributed by atoms with E-state index in [1.807, 2.05) is 12.3 Å². The lowest BCUT2D eigenvalue weighted by atomic mass is 9.91. The number of halogens is 3. The first kappa shape index (κ1) is 18.7. The molecule has 1 aromatic heterocycles. The molecule has 1 N–H and O–H groups in total. The molecule has 0 amide bonds. The van der Waals surface area contributed by atoms with Gasteiger partial charge in [-0.05, 0) is 69.6 Å². The van der Waals surface area contributed by atoms with Crippen molar-refractivity contribution in [2.75, 3.05) is 26.2 Å². The largest absolute Gasteiger partial charge is 0.314 e. The third kappa shape index (κ3) is 3.43. The molecule has 1 aliphatic heterocycles. The van der Waals surface area contributed by atoms with Crippen LogP contribution in [0.5, 0.6) is 0 Å². The number of hydrogen-bond acceptors (Lipinski definition) is 3. The summed E-state index contributed by atoms with van der Waals surface area (Å²) < 4.78 is 1.03. The number of pyridine rings is 1. The minimum absolute atomic E-state index is 0.0801. The number of piperazine rings is 1. The molecule has 26 heavy (non-hydrogen) atoms. The van der Waals surface area contributed by atoms with Gasteiger partial charge in [0.05, 0.1) is 11.7 Å². The summed E-state index contributed by atoms with van der Waals surface area (Å²) >= 11 is 16.7. The molecule has 0 radical (unpaired) electrons. The number of benzene rings is 1. The molecule has 1 saturated heterocycles. The molecule has 2 aromatic rings. The van der Waals surface area contributed by atoms with Gasteiger partial charge in [0.15, 0.2) is 0 Å². The van der Waals surface area contributed by atoms with Crippen LogP contribution in [0.2, 0.25) is 10.0 Å². The van der Waals surface area contributed by atoms with Gasteiger partial charge in [-0.3, -0.25) is 9.88 Å². The van der Waals surface area contributed by atoms with Crippen LogP contribution in [-0.2, 0) is 6.42 Å². The molecule has 0 bridgehead atoms. The van der Waals surface area contributed by atoms with Crippen molar-refractivity contribution in [2.24, 2.45) is 0 Å². The predicted octanol–water partition coefficient (Wildman–Crippen LogP) is 5.20. The van der Waals surface area contributed by atoms with Crippen molar-refractivity contribution < 1.29 is 0 Å². The first-order chi connectivity index (χ1) is 12.6. The number of fused-ring (bicyclic) bond motifs is 2. The topological polar surface area (TPSA) is 28.2 Å². The Morgan fingerprint density at radius 3 is 2.73 bits per heavy atom. The van der Waals surface area contributed by atoms with Gasteiger partial charge in [-0.25, -0.2) is 0 Å². The molecule has 2 heterocycles. The van der Waals surface area contributed by atoms with Gasteiger partial charge < -0.3 is 5.32 Å². The van der Waals surface area contributed by atoms with E-state index in [-0.39, 0.29) is 6.04 Å². The third-order valence-electron chi connectivity index (χ3n) is 5.54. The fourth-order valence-corrected chi connectivity index (χ4v) is 5.29. The summed E-state index contributed by atoms with van der Waals surface area (Å²) in [6, 6.07) is 6.30. The highest BCUT2D eigenvalue weighted by Crippen LogP contribution is 2.45. The van der Waals surface area contributed by atoms with E-state index in [2.05, 4.69) is 45.2 Å². The standard InChI is InChI=1S/C20H22BrCl2N3/c1-2-12-7-13-8-15(22)10-17(23)18(13)20(26-5-3-24-4-6-26)19-16(12)9-14(21)11-25-19/h8-12,20,24H,2-7H2,1H3. The van der Waals surface area contributed by atoms with Gasteiger partial charge in [0.25, 0.3) is 0 Å². The van der Waals surface area contributed by atoms with Crippen LogP contribution in [0.1, 0.15) is 47.7 Å². The molecule has 6 heteroatoms. The van der Waals surface area contributed by atoms with E-state index in [0.29, 0.717) is 10.9 Å². The summed E-state index contributed by atoms with van der Waals surface area (Å²) in [4.78, 5) is 7.40. The predicted molar refractivity (Wildman–Crippen MR) is 111 cm³/mol. The molecular formula is C20H22BrCl2N3. The zero-order chi connectivity index (χ0) is 18.3. The molecule has 1 aliphatic carbocycles. The zero-order valence-corrected chi connectivity index (χ0v) is 17.8. The van der Waals surface area contributed by atoms with Gasteiger partial charge >= 0.3 is 0 Å². The first-order valence-electron chi connectivity index (χ1n) is 9.16. The summed E-state index contributed by atoms with van der Waals surface area (Å²) in [5.41, 5.74) is 4.91. The maximum Gasteiger partial charge on any atom is 0.0797 e. The summed E-state index contributed by atoms with van der Waals surface area (Å²) in [7, 11) is 0. The quantitative estimate of drug-likeness (QED) is 0.676. The highest BCUT2D eigenvalue weighted by Gasteiger charge is 2.35. The smallest absolute Gasteiger partial charge is 0.0797 e. The molecular weight excluding hydrogens is 433 g/mol. The second-order valence-electron chi connectivity index (χ2n) is 7.09. The molecule has 0 spiro atoms. The van der Waals surface area contributed by atoms with Crippen LogP contribution < -0.4 is 5.32 Å². The summed E-state index contributed by atoms with van der Waals surface area (Å²) in [6.45, 7) is 6.18. The maximum absolute atomic E-state index is 6.76. The Balaban J connectivity index is 1.96. The van der Waals surface area contributed by atoms with E-state index in [4.69, 9.17) is 28.2 Å². The van der Waals surface area contributed by atoms with Crippen molar-refractivity contribution in [3.05, 3.63) is 61.3 Å². The molecule has 1 fully saturated rings. The van der Waals surface area contributed by atoms with Crippen LogP contribution in [0.3, 0.4) is 0 Å². The van der Waals surface area contributed by atoms with Crippen LogP contribution in [0.25, 0.3) is 0 Å². The Morgan fingerprint density at radius 2 is 2.00 bits per heavy atom. The third-order valence-corrected chi connectivity index (χ3v) is 6.51. The molecule has 1 aromatic carbocycles. The Kier molecular flexibility index (Phi) is 5.58. The van der Waals surface area contributed by atoms with Gasteiger partial charge in [-0.1, -0.05) is 30.1 Å². The van der Waals surface area contributed by atoms with E-state index in [1.165, 1.54) is 16.7 Å². The Labute approximate surface area is 173 Å². The van der Waals surface area contributed by atoms with E-state index >= 15 is 0 Å². The number of nitrogens with one attached hydrogen (secondary N) is 1. The Hall–Kier alpha value is -0.650. The van der Waals surface area contributed by atoms with Crippen molar-refractivity contribution in [3.63, 3.8) is 0 Å². The summed E-state index contributed by atoms with van der Waals surface area (Å²) in [5.74, 6) is 0.413. The van der Waals surface area contributed by atoms with Crippen LogP contribution in [0.15, 0.2) is 28.9 Å². The van der Waals surface area contributed by atoms with Gasteiger partial charge in [0.1, 0.15) is 0 Å². The van der Waals surface area contributed by atoms with E-state index < -0.39 is 0 Å². The average Bonchev–Trinajstić information content (AvgIpc) is 2.76. The number of rotatable bonds is 2. The lowest BCUT2D eigenvalue weighted by molar-refractivity contribution is 0.195. The molecule has 0 saturated carbocycles. The maximum atomic E-state index is 6.76. The number of hydrogen-bond donors (Lipinski definition) is 1. The first-order valence-corrected chi connectivity index (χ1v) is 10.7. The Morgan fingerprint density at radius 1 is 1.23 bits per heavy atom. The number of aromatic nitrogens is 1. The highest BCUT2D eigenvalue weighted by molar-refractivity contribution is 9.10. The molecule has 3 nitrogen and oxygen atoms in total. The van der Waals surface area contributed by atoms with Crippen LogP contribution in [-0.4, -0.2) is 36.1 Å². The van der Waals surface area contributed by atoms with Gasteiger partial charge in [0.2, 0.25) is 0 Å². The van der Waals surface area contributed by atoms with Crippen molar-refractivity contribution >= 4 is 39.1 Å². The number of nitrogens with zero attached hydrogens (tertiary/aromatic N) is 2. The van der Waals surface area contributed by atoms with Crippen LogP contribution in [0, 0.1) is 0 Å². The minimum atomic E-state index is 0.0801. The lowest BCUT2D eigenvalue weighted by Gasteiger charge is -2.36. The molecule has 138 valence electrons. The van der Waals surface area contributed by atoms with Gasteiger partial charge in [-0.15, -0.1) is 0 Å². The molecule has 4 rings (SSSR count). The fraction of sp³-hybridized carbons (Fsp3) is 0.450. The lowest BCUT2D eigenvalue weighted by Crippen LogP contribution is -2.45. The summed E-state index contributed by atoms with van der Waals surface area (Å²) in [6.07, 6.45) is 3.92. The van der Waals surface area contributed by atoms with Crippen molar-refractivity contribution in [3.8, 4) is 0 Å². The molecule has 2 atom stereocenters. The molecule has 2 unspecified atom stereocenters. The van der Waals surface area contributed by atoms with Crippen molar-refractivity contribution in [1.82, 2.24) is 15.2 Å². The van der Waals surface area contributed by atoms with Crippen LogP contribution in [0.4, 0.5) is 0 Å². The van der Waals surface area contributed by atoms with Crippen LogP contribution >= 0.6 is 39.1 Å². The normalized spacial score (nSPS) is 23.2. The average molecular weight is 455 g/mol. The SMILES string of the molecule is CCC1Cc2cc(Cl)cc(Cl)c2C(N2CCNCC2)c2ncc(Br)cc21. The highest BCUT2D eigenvalue weighted by atomic mass is 79.9. The van der Waals surface area contributed by atoms with E-state index in [9.17, 15) is 0 Å². The second-order valence-corrected chi connectivity index (χ2v) is 8.85. The van der Waals surface area contributed by atoms with Gasteiger partial charge in [0, 0.05) is 46.9 Å². The minimum Gasteiger partial charge on any atom is -0.314 e. The second kappa shape index (κ2) is 7.76. The van der Waals surface area contributed by atoms with E-state index in [0.717, 1.165) is 54.2 Å². The summed E-state index contributed by atoms with van der Waals surface area (Å²) in [5, 5.41) is 4.91. The molecule has 2 aliphatic rings. The van der Waals surface area contributed by atoms with Crippen molar-refractivity contribution in [1.29, 1.82) is 0 Å². The fourth-order valence-electron chi connectivity index (χ4n) is 4.31. The van der Waals surface area contributed by atoms with E-state index in [1.54, 1.807) is 0 Å². The van der Waals surface area contributed by atoms with Crippen molar-refractivity contribution in [2.45, 2.75) is 31.7 Å². The zero-order valence-electron chi connectivity index (χ0n) is 14.7.